The summed E-state index contributed by atoms with van der Waals surface area (Å²) in [5.74, 6) is 2.13. The first-order valence-corrected chi connectivity index (χ1v) is 6.92. The minimum atomic E-state index is 0.394. The molecule has 0 fully saturated rings. The van der Waals surface area contributed by atoms with Crippen LogP contribution in [0.25, 0.3) is 5.82 Å². The normalized spacial score (nSPS) is 10.7. The number of aromatic nitrogens is 4. The number of anilines is 1. The Labute approximate surface area is 120 Å². The molecule has 2 aromatic rings. The first-order chi connectivity index (χ1) is 9.22. The molecule has 2 rings (SSSR count). The highest BCUT2D eigenvalue weighted by Gasteiger charge is 2.07. The number of hydrogen-bond donors (Lipinski definition) is 1. The van der Waals surface area contributed by atoms with Gasteiger partial charge in [0.1, 0.15) is 12.4 Å². The second-order valence-electron chi connectivity index (χ2n) is 3.80. The summed E-state index contributed by atoms with van der Waals surface area (Å²) in [6, 6.07) is 1.86. The van der Waals surface area contributed by atoms with E-state index in [9.17, 15) is 0 Å². The molecule has 2 aromatic heterocycles. The zero-order valence-electron chi connectivity index (χ0n) is 10.9. The topological polar surface area (TPSA) is 64.9 Å². The van der Waals surface area contributed by atoms with Gasteiger partial charge in [0.2, 0.25) is 0 Å². The number of nitrogens with one attached hydrogen (secondary N) is 1. The summed E-state index contributed by atoms with van der Waals surface area (Å²) >= 11 is 3.37. The number of hydrogen-bond acceptors (Lipinski definition) is 5. The Bertz CT molecular complexity index is 543. The molecule has 1 N–H and O–H groups in total. The Morgan fingerprint density at radius 3 is 2.84 bits per heavy atom. The first-order valence-electron chi connectivity index (χ1n) is 6.13. The molecule has 0 aliphatic heterocycles. The predicted molar refractivity (Wildman–Crippen MR) is 76.3 cm³/mol. The van der Waals surface area contributed by atoms with E-state index in [0.717, 1.165) is 16.8 Å². The van der Waals surface area contributed by atoms with Gasteiger partial charge in [0.15, 0.2) is 11.6 Å². The summed E-state index contributed by atoms with van der Waals surface area (Å²) < 4.78 is 7.96. The summed E-state index contributed by atoms with van der Waals surface area (Å²) in [6.07, 6.45) is 3.57. The molecule has 0 aliphatic rings. The van der Waals surface area contributed by atoms with Crippen molar-refractivity contribution in [1.29, 1.82) is 0 Å². The van der Waals surface area contributed by atoms with Gasteiger partial charge in [-0.3, -0.25) is 0 Å². The Morgan fingerprint density at radius 1 is 1.37 bits per heavy atom. The lowest BCUT2D eigenvalue weighted by Crippen LogP contribution is -2.09. The van der Waals surface area contributed by atoms with Crippen LogP contribution >= 0.6 is 15.9 Å². The van der Waals surface area contributed by atoms with Crippen molar-refractivity contribution < 1.29 is 4.74 Å². The zero-order chi connectivity index (χ0) is 13.7. The molecule has 7 heteroatoms. The maximum absolute atomic E-state index is 5.36. The molecule has 19 heavy (non-hydrogen) atoms. The lowest BCUT2D eigenvalue weighted by Gasteiger charge is -2.08. The maximum atomic E-state index is 5.36. The molecule has 6 nitrogen and oxygen atoms in total. The van der Waals surface area contributed by atoms with Crippen molar-refractivity contribution in [2.45, 2.75) is 20.5 Å². The van der Waals surface area contributed by atoms with E-state index in [2.05, 4.69) is 36.3 Å². The van der Waals surface area contributed by atoms with Crippen molar-refractivity contribution in [1.82, 2.24) is 19.7 Å². The van der Waals surface area contributed by atoms with Gasteiger partial charge in [0.05, 0.1) is 10.7 Å². The van der Waals surface area contributed by atoms with Gasteiger partial charge in [-0.2, -0.15) is 5.10 Å². The molecule has 0 amide bonds. The van der Waals surface area contributed by atoms with Crippen LogP contribution in [0.5, 0.6) is 0 Å². The highest BCUT2D eigenvalue weighted by atomic mass is 79.9. The predicted octanol–water partition coefficient (Wildman–Crippen LogP) is 2.39. The third kappa shape index (κ3) is 3.74. The quantitative estimate of drug-likeness (QED) is 0.883. The first kappa shape index (κ1) is 14.0. The Morgan fingerprint density at radius 2 is 2.21 bits per heavy atom. The smallest absolute Gasteiger partial charge is 0.159 e. The second-order valence-corrected chi connectivity index (χ2v) is 4.71. The largest absolute Gasteiger partial charge is 0.374 e. The maximum Gasteiger partial charge on any atom is 0.159 e. The van der Waals surface area contributed by atoms with Crippen LogP contribution in [0.2, 0.25) is 0 Å². The van der Waals surface area contributed by atoms with Crippen LogP contribution in [-0.2, 0) is 11.3 Å². The summed E-state index contributed by atoms with van der Waals surface area (Å²) in [4.78, 5) is 8.83. The number of halogens is 1. The van der Waals surface area contributed by atoms with Gasteiger partial charge in [-0.1, -0.05) is 0 Å². The van der Waals surface area contributed by atoms with Crippen molar-refractivity contribution in [3.05, 3.63) is 28.8 Å². The number of rotatable bonds is 6. The van der Waals surface area contributed by atoms with Gasteiger partial charge in [-0.15, -0.1) is 0 Å². The molecule has 0 spiro atoms. The lowest BCUT2D eigenvalue weighted by molar-refractivity contribution is 0.128. The van der Waals surface area contributed by atoms with Gasteiger partial charge < -0.3 is 10.1 Å². The number of nitrogens with zero attached hydrogens (tertiary/aromatic N) is 4. The van der Waals surface area contributed by atoms with Gasteiger partial charge in [-0.05, 0) is 29.8 Å². The van der Waals surface area contributed by atoms with Crippen LogP contribution in [0.4, 0.5) is 5.82 Å². The van der Waals surface area contributed by atoms with E-state index >= 15 is 0 Å². The monoisotopic (exact) mass is 325 g/mol. The van der Waals surface area contributed by atoms with Crippen LogP contribution < -0.4 is 5.32 Å². The van der Waals surface area contributed by atoms with Gasteiger partial charge in [0, 0.05) is 25.4 Å². The second kappa shape index (κ2) is 6.63. The minimum absolute atomic E-state index is 0.394. The molecular formula is C12H16BrN5O. The third-order valence-electron chi connectivity index (χ3n) is 2.34. The van der Waals surface area contributed by atoms with E-state index < -0.39 is 0 Å². The molecule has 0 saturated carbocycles. The van der Waals surface area contributed by atoms with Crippen LogP contribution in [-0.4, -0.2) is 32.9 Å². The average Bonchev–Trinajstić information content (AvgIpc) is 2.83. The molecule has 0 unspecified atom stereocenters. The average molecular weight is 326 g/mol. The molecule has 0 aliphatic carbocycles. The minimum Gasteiger partial charge on any atom is -0.374 e. The number of ether oxygens (including phenoxy) is 1. The molecule has 0 radical (unpaired) electrons. The Balaban J connectivity index is 2.33. The molecule has 0 saturated heterocycles. The lowest BCUT2D eigenvalue weighted by atomic mass is 10.4. The summed E-state index contributed by atoms with van der Waals surface area (Å²) in [5.41, 5.74) is 0. The highest BCUT2D eigenvalue weighted by Crippen LogP contribution is 2.14. The molecule has 0 bridgehead atoms. The van der Waals surface area contributed by atoms with Crippen LogP contribution in [0.3, 0.4) is 0 Å². The summed E-state index contributed by atoms with van der Waals surface area (Å²) in [5, 5.41) is 7.40. The Hall–Kier alpha value is -1.47. The van der Waals surface area contributed by atoms with Crippen molar-refractivity contribution in [3.8, 4) is 5.82 Å². The molecule has 0 atom stereocenters. The zero-order valence-corrected chi connectivity index (χ0v) is 12.5. The van der Waals surface area contributed by atoms with Crippen molar-refractivity contribution in [3.63, 3.8) is 0 Å². The van der Waals surface area contributed by atoms with E-state index in [1.165, 1.54) is 0 Å². The van der Waals surface area contributed by atoms with E-state index in [0.29, 0.717) is 24.9 Å². The van der Waals surface area contributed by atoms with Crippen LogP contribution in [0, 0.1) is 0 Å². The standard InChI is InChI=1S/C12H16BrN5O/c1-3-14-10-5-12(18-7-9(13)6-15-18)17-11(16-10)8-19-4-2/h5-7H,3-4,8H2,1-2H3,(H,14,16,17). The van der Waals surface area contributed by atoms with Crippen LogP contribution in [0.1, 0.15) is 19.7 Å². The van der Waals surface area contributed by atoms with E-state index in [1.54, 1.807) is 10.9 Å². The molecule has 0 aromatic carbocycles. The van der Waals surface area contributed by atoms with E-state index in [1.807, 2.05) is 26.1 Å². The van der Waals surface area contributed by atoms with Crippen molar-refractivity contribution >= 4 is 21.7 Å². The van der Waals surface area contributed by atoms with Crippen molar-refractivity contribution in [2.24, 2.45) is 0 Å². The van der Waals surface area contributed by atoms with E-state index in [4.69, 9.17) is 4.74 Å². The summed E-state index contributed by atoms with van der Waals surface area (Å²) in [6.45, 7) is 5.80. The van der Waals surface area contributed by atoms with Crippen LogP contribution in [0.15, 0.2) is 22.9 Å². The van der Waals surface area contributed by atoms with Gasteiger partial charge in [-0.25, -0.2) is 14.6 Å². The fourth-order valence-corrected chi connectivity index (χ4v) is 1.84. The fraction of sp³-hybridized carbons (Fsp3) is 0.417. The third-order valence-corrected chi connectivity index (χ3v) is 2.75. The molecule has 2 heterocycles. The Kier molecular flexibility index (Phi) is 4.86. The van der Waals surface area contributed by atoms with E-state index in [-0.39, 0.29) is 0 Å². The summed E-state index contributed by atoms with van der Waals surface area (Å²) in [7, 11) is 0. The van der Waals surface area contributed by atoms with Gasteiger partial charge >= 0.3 is 0 Å². The molecule has 102 valence electrons. The SMILES string of the molecule is CCNc1cc(-n2cc(Br)cn2)nc(COCC)n1. The van der Waals surface area contributed by atoms with Crippen molar-refractivity contribution in [2.75, 3.05) is 18.5 Å². The van der Waals surface area contributed by atoms with Gasteiger partial charge in [0.25, 0.3) is 0 Å². The highest BCUT2D eigenvalue weighted by molar-refractivity contribution is 9.10. The fourth-order valence-electron chi connectivity index (χ4n) is 1.56. The molecular weight excluding hydrogens is 310 g/mol.